The van der Waals surface area contributed by atoms with Gasteiger partial charge in [-0.15, -0.1) is 0 Å². The molecule has 0 saturated carbocycles. The Morgan fingerprint density at radius 3 is 2.38 bits per heavy atom. The first-order chi connectivity index (χ1) is 9.80. The predicted octanol–water partition coefficient (Wildman–Crippen LogP) is 4.12. The van der Waals surface area contributed by atoms with Crippen molar-refractivity contribution in [3.8, 4) is 11.5 Å². The average Bonchev–Trinajstić information content (AvgIpc) is 2.90. The molecule has 0 bridgehead atoms. The summed E-state index contributed by atoms with van der Waals surface area (Å²) in [5, 5.41) is 0. The second-order valence-corrected chi connectivity index (χ2v) is 13.4. The third-order valence-electron chi connectivity index (χ3n) is 3.24. The van der Waals surface area contributed by atoms with Crippen LogP contribution in [0.1, 0.15) is 5.56 Å². The van der Waals surface area contributed by atoms with Crippen LogP contribution in [0.15, 0.2) is 23.1 Å². The predicted molar refractivity (Wildman–Crippen MR) is 85.5 cm³/mol. The van der Waals surface area contributed by atoms with Crippen LogP contribution >= 0.6 is 7.60 Å². The number of rotatable bonds is 5. The van der Waals surface area contributed by atoms with E-state index in [4.69, 9.17) is 18.5 Å². The van der Waals surface area contributed by atoms with E-state index in [9.17, 15) is 4.57 Å². The molecule has 1 aliphatic heterocycles. The summed E-state index contributed by atoms with van der Waals surface area (Å²) < 4.78 is 33.8. The van der Waals surface area contributed by atoms with Gasteiger partial charge in [0.05, 0.1) is 8.07 Å². The maximum Gasteiger partial charge on any atom is 0.352 e. The Hall–Kier alpha value is -1.07. The molecule has 116 valence electrons. The van der Waals surface area contributed by atoms with Crippen molar-refractivity contribution in [2.45, 2.75) is 19.6 Å². The Bertz CT molecular complexity index is 598. The Morgan fingerprint density at radius 1 is 1.19 bits per heavy atom. The second kappa shape index (κ2) is 5.97. The largest absolute Gasteiger partial charge is 0.454 e. The highest BCUT2D eigenvalue weighted by Crippen LogP contribution is 2.58. The number of fused-ring (bicyclic) bond motifs is 1. The van der Waals surface area contributed by atoms with E-state index in [1.165, 1.54) is 14.2 Å². The van der Waals surface area contributed by atoms with Crippen LogP contribution in [0.2, 0.25) is 19.6 Å². The highest BCUT2D eigenvalue weighted by molar-refractivity contribution is 7.63. The number of ether oxygens (including phenoxy) is 2. The lowest BCUT2D eigenvalue weighted by Gasteiger charge is -2.26. The molecule has 0 atom stereocenters. The Labute approximate surface area is 126 Å². The summed E-state index contributed by atoms with van der Waals surface area (Å²) in [5.74, 6) is 1.42. The molecule has 1 aromatic carbocycles. The summed E-state index contributed by atoms with van der Waals surface area (Å²) in [4.78, 5) is 0.749. The monoisotopic (exact) mass is 328 g/mol. The van der Waals surface area contributed by atoms with Crippen LogP contribution in [0.3, 0.4) is 0 Å². The maximum atomic E-state index is 12.8. The van der Waals surface area contributed by atoms with Crippen molar-refractivity contribution in [2.24, 2.45) is 0 Å². The molecule has 2 rings (SSSR count). The molecule has 1 aromatic rings. The van der Waals surface area contributed by atoms with E-state index in [1.54, 1.807) is 0 Å². The molecule has 1 aliphatic rings. The minimum atomic E-state index is -3.25. The molecule has 0 saturated heterocycles. The summed E-state index contributed by atoms with van der Waals surface area (Å²) in [6, 6.07) is 5.63. The first-order valence-electron chi connectivity index (χ1n) is 6.64. The Morgan fingerprint density at radius 2 is 1.81 bits per heavy atom. The molecule has 0 spiro atoms. The van der Waals surface area contributed by atoms with Gasteiger partial charge in [0, 0.05) is 19.2 Å². The standard InChI is InChI=1S/C14H21O5PSi/c1-16-20(15,17-2)14(21(3,4)5)9-11-6-7-12-13(8-11)19-10-18-12/h6-9H,10H2,1-5H3/b14-9-. The van der Waals surface area contributed by atoms with E-state index in [2.05, 4.69) is 19.6 Å². The van der Waals surface area contributed by atoms with Crippen molar-refractivity contribution >= 4 is 21.7 Å². The summed E-state index contributed by atoms with van der Waals surface area (Å²) in [6.07, 6.45) is 1.89. The van der Waals surface area contributed by atoms with E-state index < -0.39 is 15.7 Å². The molecule has 0 aliphatic carbocycles. The van der Waals surface area contributed by atoms with Gasteiger partial charge >= 0.3 is 7.60 Å². The lowest BCUT2D eigenvalue weighted by atomic mass is 10.2. The topological polar surface area (TPSA) is 54.0 Å². The van der Waals surface area contributed by atoms with E-state index in [0.29, 0.717) is 5.75 Å². The molecule has 21 heavy (non-hydrogen) atoms. The highest BCUT2D eigenvalue weighted by Gasteiger charge is 2.37. The molecule has 0 fully saturated rings. The van der Waals surface area contributed by atoms with Crippen molar-refractivity contribution in [3.63, 3.8) is 0 Å². The summed E-state index contributed by atoms with van der Waals surface area (Å²) in [5.41, 5.74) is 0.894. The molecule has 1 heterocycles. The maximum absolute atomic E-state index is 12.8. The van der Waals surface area contributed by atoms with Gasteiger partial charge < -0.3 is 18.5 Å². The first-order valence-corrected chi connectivity index (χ1v) is 11.7. The van der Waals surface area contributed by atoms with Crippen molar-refractivity contribution < 1.29 is 23.1 Å². The van der Waals surface area contributed by atoms with E-state index in [0.717, 1.165) is 16.3 Å². The lowest BCUT2D eigenvalue weighted by molar-refractivity contribution is 0.174. The molecule has 5 nitrogen and oxygen atoms in total. The fraction of sp³-hybridized carbons (Fsp3) is 0.429. The van der Waals surface area contributed by atoms with Crippen LogP contribution in [-0.4, -0.2) is 29.1 Å². The fourth-order valence-corrected chi connectivity index (χ4v) is 7.42. The molecule has 0 unspecified atom stereocenters. The zero-order valence-electron chi connectivity index (χ0n) is 13.0. The van der Waals surface area contributed by atoms with E-state index >= 15 is 0 Å². The van der Waals surface area contributed by atoms with Crippen LogP contribution < -0.4 is 9.47 Å². The molecule has 7 heteroatoms. The number of hydrogen-bond donors (Lipinski definition) is 0. The van der Waals surface area contributed by atoms with Crippen LogP contribution in [0.25, 0.3) is 6.08 Å². The average molecular weight is 328 g/mol. The first kappa shape index (κ1) is 16.3. The van der Waals surface area contributed by atoms with Crippen molar-refractivity contribution in [1.82, 2.24) is 0 Å². The zero-order chi connectivity index (χ0) is 15.7. The van der Waals surface area contributed by atoms with Gasteiger partial charge in [-0.1, -0.05) is 25.7 Å². The smallest absolute Gasteiger partial charge is 0.352 e. The molecule has 0 amide bonds. The van der Waals surface area contributed by atoms with Crippen LogP contribution in [0.5, 0.6) is 11.5 Å². The van der Waals surface area contributed by atoms with E-state index in [1.807, 2.05) is 24.3 Å². The van der Waals surface area contributed by atoms with Gasteiger partial charge in [-0.25, -0.2) is 0 Å². The second-order valence-electron chi connectivity index (χ2n) is 5.75. The summed E-state index contributed by atoms with van der Waals surface area (Å²) in [6.45, 7) is 6.56. The summed E-state index contributed by atoms with van der Waals surface area (Å²) in [7, 11) is -2.31. The quantitative estimate of drug-likeness (QED) is 0.601. The minimum Gasteiger partial charge on any atom is -0.454 e. The van der Waals surface area contributed by atoms with Crippen LogP contribution in [0, 0.1) is 0 Å². The van der Waals surface area contributed by atoms with Gasteiger partial charge in [-0.3, -0.25) is 4.57 Å². The van der Waals surface area contributed by atoms with Crippen LogP contribution in [0.4, 0.5) is 0 Å². The summed E-state index contributed by atoms with van der Waals surface area (Å²) >= 11 is 0. The lowest BCUT2D eigenvalue weighted by Crippen LogP contribution is -2.24. The van der Waals surface area contributed by atoms with E-state index in [-0.39, 0.29) is 6.79 Å². The zero-order valence-corrected chi connectivity index (χ0v) is 14.9. The van der Waals surface area contributed by atoms with Gasteiger partial charge in [0.2, 0.25) is 6.79 Å². The van der Waals surface area contributed by atoms with Gasteiger partial charge in [0.25, 0.3) is 0 Å². The third-order valence-corrected chi connectivity index (χ3v) is 9.44. The highest BCUT2D eigenvalue weighted by atomic mass is 31.2. The molecular formula is C14H21O5PSi. The molecular weight excluding hydrogens is 307 g/mol. The minimum absolute atomic E-state index is 0.234. The Balaban J connectivity index is 2.49. The normalized spacial score (nSPS) is 15.4. The van der Waals surface area contributed by atoms with Gasteiger partial charge in [0.15, 0.2) is 11.5 Å². The third kappa shape index (κ3) is 3.40. The van der Waals surface area contributed by atoms with Crippen LogP contribution in [-0.2, 0) is 13.6 Å². The number of hydrogen-bond acceptors (Lipinski definition) is 5. The SMILES string of the molecule is COP(=O)(OC)/C(=C/c1ccc2c(c1)OCO2)[Si](C)(C)C. The number of benzene rings is 1. The van der Waals surface area contributed by atoms with Gasteiger partial charge in [-0.2, -0.15) is 0 Å². The Kier molecular flexibility index (Phi) is 4.63. The molecule has 0 radical (unpaired) electrons. The van der Waals surface area contributed by atoms with Crippen molar-refractivity contribution in [1.29, 1.82) is 0 Å². The molecule has 0 N–H and O–H groups in total. The van der Waals surface area contributed by atoms with Crippen molar-refractivity contribution in [3.05, 3.63) is 28.7 Å². The van der Waals surface area contributed by atoms with Gasteiger partial charge in [0.1, 0.15) is 0 Å². The fourth-order valence-electron chi connectivity index (χ4n) is 2.14. The molecule has 0 aromatic heterocycles. The van der Waals surface area contributed by atoms with Crippen molar-refractivity contribution in [2.75, 3.05) is 21.0 Å². The van der Waals surface area contributed by atoms with Gasteiger partial charge in [-0.05, 0) is 23.8 Å².